The van der Waals surface area contributed by atoms with Gasteiger partial charge in [-0.25, -0.2) is 9.18 Å². The first-order valence-electron chi connectivity index (χ1n) is 7.79. The molecular weight excluding hydrogens is 293 g/mol. The molecular formula is C19H18FNO2. The molecule has 118 valence electrons. The fourth-order valence-electron chi connectivity index (χ4n) is 3.15. The Kier molecular flexibility index (Phi) is 4.54. The normalized spacial score (nSPS) is 15.9. The highest BCUT2D eigenvalue weighted by Gasteiger charge is 2.36. The summed E-state index contributed by atoms with van der Waals surface area (Å²) < 4.78 is 19.9. The zero-order valence-electron chi connectivity index (χ0n) is 12.8. The second kappa shape index (κ2) is 6.76. The van der Waals surface area contributed by atoms with Crippen molar-refractivity contribution in [2.45, 2.75) is 37.8 Å². The molecule has 0 heterocycles. The molecule has 0 radical (unpaired) electrons. The largest absolute Gasteiger partial charge is 0.486 e. The van der Waals surface area contributed by atoms with Gasteiger partial charge in [-0.1, -0.05) is 49.2 Å². The average molecular weight is 311 g/mol. The third-order valence-electron chi connectivity index (χ3n) is 4.40. The number of rotatable bonds is 5. The minimum atomic E-state index is -0.611. The summed E-state index contributed by atoms with van der Waals surface area (Å²) in [6.45, 7) is 0.314. The van der Waals surface area contributed by atoms with Crippen LogP contribution >= 0.6 is 0 Å². The number of aliphatic imine (C=N–C) groups is 1. The zero-order chi connectivity index (χ0) is 16.1. The number of isocyanates is 1. The minimum absolute atomic E-state index is 0.209. The van der Waals surface area contributed by atoms with Crippen molar-refractivity contribution in [3.8, 4) is 5.75 Å². The van der Waals surface area contributed by atoms with Gasteiger partial charge in [0.05, 0.1) is 5.54 Å². The number of benzene rings is 2. The summed E-state index contributed by atoms with van der Waals surface area (Å²) in [4.78, 5) is 14.7. The van der Waals surface area contributed by atoms with Gasteiger partial charge in [0.25, 0.3) is 0 Å². The molecule has 0 atom stereocenters. The molecule has 0 amide bonds. The van der Waals surface area contributed by atoms with Crippen LogP contribution < -0.4 is 4.74 Å². The predicted molar refractivity (Wildman–Crippen MR) is 85.4 cm³/mol. The van der Waals surface area contributed by atoms with Gasteiger partial charge >= 0.3 is 0 Å². The van der Waals surface area contributed by atoms with Crippen molar-refractivity contribution in [3.63, 3.8) is 0 Å². The van der Waals surface area contributed by atoms with Crippen LogP contribution in [0.1, 0.15) is 36.8 Å². The Bertz CT molecular complexity index is 717. The smallest absolute Gasteiger partial charge is 0.235 e. The predicted octanol–water partition coefficient (Wildman–Crippen LogP) is 4.51. The van der Waals surface area contributed by atoms with Crippen LogP contribution in [0.25, 0.3) is 0 Å². The summed E-state index contributed by atoms with van der Waals surface area (Å²) in [5, 5.41) is 0. The van der Waals surface area contributed by atoms with Crippen LogP contribution in [0.2, 0.25) is 0 Å². The van der Waals surface area contributed by atoms with Gasteiger partial charge in [-0.3, -0.25) is 0 Å². The standard InChI is InChI=1S/C19H18FNO2/c20-17-12-16(19(21-14-22)10-4-5-11-19)8-9-18(17)23-13-15-6-2-1-3-7-15/h1-3,6-9,12H,4-5,10-11,13H2. The van der Waals surface area contributed by atoms with E-state index >= 15 is 0 Å². The van der Waals surface area contributed by atoms with E-state index in [0.717, 1.165) is 36.8 Å². The lowest BCUT2D eigenvalue weighted by molar-refractivity contribution is 0.289. The van der Waals surface area contributed by atoms with E-state index in [2.05, 4.69) is 4.99 Å². The first-order valence-corrected chi connectivity index (χ1v) is 7.79. The first kappa shape index (κ1) is 15.4. The molecule has 1 aliphatic carbocycles. The molecule has 3 rings (SSSR count). The molecule has 0 aliphatic heterocycles. The van der Waals surface area contributed by atoms with E-state index in [9.17, 15) is 9.18 Å². The number of hydrogen-bond donors (Lipinski definition) is 0. The number of ether oxygens (including phenoxy) is 1. The maximum Gasteiger partial charge on any atom is 0.235 e. The van der Waals surface area contributed by atoms with Crippen LogP contribution in [-0.4, -0.2) is 6.08 Å². The van der Waals surface area contributed by atoms with Gasteiger partial charge in [-0.05, 0) is 36.1 Å². The zero-order valence-corrected chi connectivity index (χ0v) is 12.8. The molecule has 0 unspecified atom stereocenters. The molecule has 0 bridgehead atoms. The van der Waals surface area contributed by atoms with Crippen molar-refractivity contribution in [3.05, 3.63) is 65.5 Å². The van der Waals surface area contributed by atoms with E-state index in [1.54, 1.807) is 18.2 Å². The average Bonchev–Trinajstić information content (AvgIpc) is 3.05. The first-order chi connectivity index (χ1) is 11.2. The maximum atomic E-state index is 14.4. The Morgan fingerprint density at radius 2 is 1.87 bits per heavy atom. The van der Waals surface area contributed by atoms with Gasteiger partial charge in [-0.15, -0.1) is 0 Å². The van der Waals surface area contributed by atoms with E-state index in [1.807, 2.05) is 30.3 Å². The molecule has 1 fully saturated rings. The van der Waals surface area contributed by atoms with Gasteiger partial charge in [0.2, 0.25) is 6.08 Å². The Labute approximate surface area is 134 Å². The molecule has 4 heteroatoms. The van der Waals surface area contributed by atoms with E-state index in [-0.39, 0.29) is 5.75 Å². The Morgan fingerprint density at radius 1 is 1.13 bits per heavy atom. The topological polar surface area (TPSA) is 38.7 Å². The second-order valence-electron chi connectivity index (χ2n) is 5.86. The van der Waals surface area contributed by atoms with Crippen molar-refractivity contribution in [1.82, 2.24) is 0 Å². The van der Waals surface area contributed by atoms with Gasteiger partial charge in [0.1, 0.15) is 6.61 Å². The molecule has 0 spiro atoms. The van der Waals surface area contributed by atoms with Crippen LogP contribution in [-0.2, 0) is 16.9 Å². The second-order valence-corrected chi connectivity index (χ2v) is 5.86. The van der Waals surface area contributed by atoms with E-state index in [1.165, 1.54) is 6.07 Å². The van der Waals surface area contributed by atoms with Crippen molar-refractivity contribution >= 4 is 6.08 Å². The van der Waals surface area contributed by atoms with Crippen molar-refractivity contribution in [1.29, 1.82) is 0 Å². The summed E-state index contributed by atoms with van der Waals surface area (Å²) >= 11 is 0. The molecule has 0 saturated heterocycles. The molecule has 3 nitrogen and oxygen atoms in total. The van der Waals surface area contributed by atoms with E-state index < -0.39 is 11.4 Å². The highest BCUT2D eigenvalue weighted by Crippen LogP contribution is 2.42. The van der Waals surface area contributed by atoms with Crippen LogP contribution in [0.4, 0.5) is 4.39 Å². The quantitative estimate of drug-likeness (QED) is 0.602. The summed E-state index contributed by atoms with van der Waals surface area (Å²) in [7, 11) is 0. The molecule has 2 aromatic rings. The molecule has 23 heavy (non-hydrogen) atoms. The highest BCUT2D eigenvalue weighted by atomic mass is 19.1. The van der Waals surface area contributed by atoms with Crippen LogP contribution in [0.15, 0.2) is 53.5 Å². The Balaban J connectivity index is 1.79. The number of hydrogen-bond acceptors (Lipinski definition) is 3. The lowest BCUT2D eigenvalue weighted by Gasteiger charge is -2.23. The highest BCUT2D eigenvalue weighted by molar-refractivity contribution is 5.40. The van der Waals surface area contributed by atoms with Crippen LogP contribution in [0.5, 0.6) is 5.75 Å². The summed E-state index contributed by atoms with van der Waals surface area (Å²) in [5.74, 6) is -0.216. The van der Waals surface area contributed by atoms with Gasteiger partial charge < -0.3 is 4.74 Å². The summed E-state index contributed by atoms with van der Waals surface area (Å²) in [6.07, 6.45) is 5.13. The molecule has 2 aromatic carbocycles. The van der Waals surface area contributed by atoms with Crippen LogP contribution in [0, 0.1) is 5.82 Å². The molecule has 1 aliphatic rings. The summed E-state index contributed by atoms with van der Waals surface area (Å²) in [5.41, 5.74) is 1.09. The Hall–Kier alpha value is -2.45. The van der Waals surface area contributed by atoms with Gasteiger partial charge in [-0.2, -0.15) is 4.99 Å². The van der Waals surface area contributed by atoms with Crippen molar-refractivity contribution < 1.29 is 13.9 Å². The third kappa shape index (κ3) is 3.33. The monoisotopic (exact) mass is 311 g/mol. The van der Waals surface area contributed by atoms with Crippen molar-refractivity contribution in [2.24, 2.45) is 4.99 Å². The number of nitrogens with zero attached hydrogens (tertiary/aromatic N) is 1. The SMILES string of the molecule is O=C=NC1(c2ccc(OCc3ccccc3)c(F)c2)CCCC1. The number of carbonyl (C=O) groups excluding carboxylic acids is 1. The lowest BCUT2D eigenvalue weighted by atomic mass is 9.89. The maximum absolute atomic E-state index is 14.4. The van der Waals surface area contributed by atoms with Crippen molar-refractivity contribution in [2.75, 3.05) is 0 Å². The van der Waals surface area contributed by atoms with E-state index in [0.29, 0.717) is 6.61 Å². The molecule has 0 N–H and O–H groups in total. The van der Waals surface area contributed by atoms with Gasteiger partial charge in [0.15, 0.2) is 11.6 Å². The summed E-state index contributed by atoms with van der Waals surface area (Å²) in [6, 6.07) is 14.5. The lowest BCUT2D eigenvalue weighted by Crippen LogP contribution is -2.19. The van der Waals surface area contributed by atoms with Crippen LogP contribution in [0.3, 0.4) is 0 Å². The fourth-order valence-corrected chi connectivity index (χ4v) is 3.15. The van der Waals surface area contributed by atoms with E-state index in [4.69, 9.17) is 4.74 Å². The molecule has 1 saturated carbocycles. The Morgan fingerprint density at radius 3 is 2.52 bits per heavy atom. The fraction of sp³-hybridized carbons (Fsp3) is 0.316. The minimum Gasteiger partial charge on any atom is -0.486 e. The number of halogens is 1. The third-order valence-corrected chi connectivity index (χ3v) is 4.40. The molecule has 0 aromatic heterocycles. The van der Waals surface area contributed by atoms with Gasteiger partial charge in [0, 0.05) is 0 Å².